The third kappa shape index (κ3) is 3.12. The van der Waals surface area contributed by atoms with Crippen molar-refractivity contribution in [3.05, 3.63) is 24.0 Å². The lowest BCUT2D eigenvalue weighted by molar-refractivity contribution is 0.378. The number of piperidine rings is 1. The number of anilines is 1. The largest absolute Gasteiger partial charge is 0.370 e. The third-order valence-electron chi connectivity index (χ3n) is 3.68. The molecule has 0 aromatic carbocycles. The summed E-state index contributed by atoms with van der Waals surface area (Å²) < 4.78 is 0. The van der Waals surface area contributed by atoms with Crippen LogP contribution in [0.25, 0.3) is 0 Å². The molecule has 3 heteroatoms. The van der Waals surface area contributed by atoms with Crippen molar-refractivity contribution in [2.75, 3.05) is 18.0 Å². The molecule has 94 valence electrons. The smallest absolute Gasteiger partial charge is 0.0597 e. The van der Waals surface area contributed by atoms with Gasteiger partial charge in [-0.15, -0.1) is 11.6 Å². The summed E-state index contributed by atoms with van der Waals surface area (Å²) in [5.41, 5.74) is 2.44. The van der Waals surface area contributed by atoms with Crippen LogP contribution in [0, 0.1) is 5.92 Å². The second kappa shape index (κ2) is 6.25. The van der Waals surface area contributed by atoms with Crippen molar-refractivity contribution in [2.45, 2.75) is 38.5 Å². The van der Waals surface area contributed by atoms with Crippen LogP contribution < -0.4 is 4.90 Å². The normalized spacial score (nSPS) is 17.4. The van der Waals surface area contributed by atoms with Crippen LogP contribution in [0.2, 0.25) is 0 Å². The maximum atomic E-state index is 5.98. The zero-order valence-electron chi connectivity index (χ0n) is 10.5. The van der Waals surface area contributed by atoms with E-state index in [9.17, 15) is 0 Å². The lowest BCUT2D eigenvalue weighted by atomic mass is 9.92. The van der Waals surface area contributed by atoms with Crippen molar-refractivity contribution in [1.82, 2.24) is 4.98 Å². The van der Waals surface area contributed by atoms with Gasteiger partial charge in [0.15, 0.2) is 0 Å². The van der Waals surface area contributed by atoms with Gasteiger partial charge >= 0.3 is 0 Å². The number of aromatic nitrogens is 1. The predicted molar refractivity (Wildman–Crippen MR) is 73.6 cm³/mol. The van der Waals surface area contributed by atoms with Crippen LogP contribution in [-0.2, 0) is 5.88 Å². The average molecular weight is 253 g/mol. The van der Waals surface area contributed by atoms with E-state index in [1.165, 1.54) is 36.9 Å². The van der Waals surface area contributed by atoms with Gasteiger partial charge in [0.2, 0.25) is 0 Å². The van der Waals surface area contributed by atoms with Gasteiger partial charge in [-0.25, -0.2) is 0 Å². The van der Waals surface area contributed by atoms with Crippen LogP contribution in [0.1, 0.15) is 38.2 Å². The maximum Gasteiger partial charge on any atom is 0.0597 e. The molecule has 0 bridgehead atoms. The number of alkyl halides is 1. The van der Waals surface area contributed by atoms with Crippen molar-refractivity contribution in [1.29, 1.82) is 0 Å². The van der Waals surface area contributed by atoms with Crippen molar-refractivity contribution in [3.63, 3.8) is 0 Å². The predicted octanol–water partition coefficient (Wildman–Crippen LogP) is 3.84. The topological polar surface area (TPSA) is 16.1 Å². The third-order valence-corrected chi connectivity index (χ3v) is 3.97. The molecule has 0 aliphatic carbocycles. The molecule has 0 saturated carbocycles. The van der Waals surface area contributed by atoms with E-state index in [0.29, 0.717) is 5.88 Å². The Kier molecular flexibility index (Phi) is 4.66. The Bertz CT molecular complexity index is 346. The van der Waals surface area contributed by atoms with Gasteiger partial charge < -0.3 is 4.90 Å². The summed E-state index contributed by atoms with van der Waals surface area (Å²) in [7, 11) is 0. The van der Waals surface area contributed by atoms with Crippen LogP contribution in [-0.4, -0.2) is 18.1 Å². The molecule has 0 unspecified atom stereocenters. The molecule has 1 aliphatic rings. The zero-order chi connectivity index (χ0) is 12.1. The minimum absolute atomic E-state index is 0.576. The Hall–Kier alpha value is -0.760. The van der Waals surface area contributed by atoms with E-state index in [-0.39, 0.29) is 0 Å². The highest BCUT2D eigenvalue weighted by molar-refractivity contribution is 6.17. The standard InChI is InChI=1S/C14H21ClN2/c1-2-3-12-5-8-17(9-6-12)14-11-16-7-4-13(14)10-15/h4,7,11-12H,2-3,5-6,8-10H2,1H3. The lowest BCUT2D eigenvalue weighted by Crippen LogP contribution is -2.34. The van der Waals surface area contributed by atoms with Crippen molar-refractivity contribution < 1.29 is 0 Å². The van der Waals surface area contributed by atoms with E-state index in [1.807, 2.05) is 18.5 Å². The first kappa shape index (κ1) is 12.7. The SMILES string of the molecule is CCCC1CCN(c2cnccc2CCl)CC1. The number of hydrogen-bond acceptors (Lipinski definition) is 2. The fourth-order valence-corrected chi connectivity index (χ4v) is 2.91. The highest BCUT2D eigenvalue weighted by atomic mass is 35.5. The summed E-state index contributed by atoms with van der Waals surface area (Å²) in [5.74, 6) is 1.50. The van der Waals surface area contributed by atoms with Crippen LogP contribution in [0.15, 0.2) is 18.5 Å². The van der Waals surface area contributed by atoms with E-state index in [1.54, 1.807) is 0 Å². The van der Waals surface area contributed by atoms with E-state index >= 15 is 0 Å². The molecular weight excluding hydrogens is 232 g/mol. The van der Waals surface area contributed by atoms with Crippen LogP contribution in [0.4, 0.5) is 5.69 Å². The Morgan fingerprint density at radius 3 is 2.82 bits per heavy atom. The van der Waals surface area contributed by atoms with Gasteiger partial charge in [0.25, 0.3) is 0 Å². The molecule has 1 aromatic rings. The number of nitrogens with zero attached hydrogens (tertiary/aromatic N) is 2. The summed E-state index contributed by atoms with van der Waals surface area (Å²) in [6.45, 7) is 4.58. The van der Waals surface area contributed by atoms with E-state index < -0.39 is 0 Å². The Labute approximate surface area is 109 Å². The van der Waals surface area contributed by atoms with Crippen LogP contribution in [0.5, 0.6) is 0 Å². The molecule has 17 heavy (non-hydrogen) atoms. The highest BCUT2D eigenvalue weighted by Gasteiger charge is 2.20. The van der Waals surface area contributed by atoms with Crippen LogP contribution in [0.3, 0.4) is 0 Å². The first-order chi connectivity index (χ1) is 8.35. The molecule has 2 nitrogen and oxygen atoms in total. The fraction of sp³-hybridized carbons (Fsp3) is 0.643. The Morgan fingerprint density at radius 2 is 2.18 bits per heavy atom. The molecule has 2 heterocycles. The monoisotopic (exact) mass is 252 g/mol. The van der Waals surface area contributed by atoms with Gasteiger partial charge in [0.1, 0.15) is 0 Å². The molecule has 1 aliphatic heterocycles. The lowest BCUT2D eigenvalue weighted by Gasteiger charge is -2.34. The molecule has 0 spiro atoms. The Balaban J connectivity index is 2.00. The number of halogens is 1. The summed E-state index contributed by atoms with van der Waals surface area (Å²) >= 11 is 5.98. The van der Waals surface area contributed by atoms with Crippen molar-refractivity contribution >= 4 is 17.3 Å². The quantitative estimate of drug-likeness (QED) is 0.757. The second-order valence-corrected chi connectivity index (χ2v) is 5.12. The maximum absolute atomic E-state index is 5.98. The first-order valence-corrected chi connectivity index (χ1v) is 7.12. The molecule has 1 fully saturated rings. The number of hydrogen-bond donors (Lipinski definition) is 0. The van der Waals surface area contributed by atoms with Gasteiger partial charge in [-0.05, 0) is 30.4 Å². The zero-order valence-corrected chi connectivity index (χ0v) is 11.3. The molecule has 0 radical (unpaired) electrons. The van der Waals surface area contributed by atoms with Gasteiger partial charge in [0.05, 0.1) is 11.9 Å². The van der Waals surface area contributed by atoms with E-state index in [2.05, 4.69) is 16.8 Å². The summed E-state index contributed by atoms with van der Waals surface area (Å²) in [6, 6.07) is 2.03. The van der Waals surface area contributed by atoms with Crippen molar-refractivity contribution in [2.24, 2.45) is 5.92 Å². The molecule has 1 aromatic heterocycles. The molecule has 0 atom stereocenters. The minimum Gasteiger partial charge on any atom is -0.370 e. The van der Waals surface area contributed by atoms with Gasteiger partial charge in [-0.2, -0.15) is 0 Å². The highest BCUT2D eigenvalue weighted by Crippen LogP contribution is 2.28. The molecular formula is C14H21ClN2. The van der Waals surface area contributed by atoms with E-state index in [4.69, 9.17) is 11.6 Å². The first-order valence-electron chi connectivity index (χ1n) is 6.59. The van der Waals surface area contributed by atoms with Crippen molar-refractivity contribution in [3.8, 4) is 0 Å². The summed E-state index contributed by atoms with van der Waals surface area (Å²) in [5, 5.41) is 0. The molecule has 0 amide bonds. The summed E-state index contributed by atoms with van der Waals surface area (Å²) in [6.07, 6.45) is 9.09. The number of rotatable bonds is 4. The molecule has 2 rings (SSSR count). The average Bonchev–Trinajstić information content (AvgIpc) is 2.40. The summed E-state index contributed by atoms with van der Waals surface area (Å²) in [4.78, 5) is 6.66. The Morgan fingerprint density at radius 1 is 1.41 bits per heavy atom. The van der Waals surface area contributed by atoms with Gasteiger partial charge in [-0.3, -0.25) is 4.98 Å². The van der Waals surface area contributed by atoms with Crippen LogP contribution >= 0.6 is 11.6 Å². The number of pyridine rings is 1. The van der Waals surface area contributed by atoms with E-state index in [0.717, 1.165) is 19.0 Å². The minimum atomic E-state index is 0.576. The fourth-order valence-electron chi connectivity index (χ4n) is 2.68. The molecule has 1 saturated heterocycles. The van der Waals surface area contributed by atoms with Gasteiger partial charge in [0, 0.05) is 25.2 Å². The molecule has 0 N–H and O–H groups in total. The second-order valence-electron chi connectivity index (χ2n) is 4.86. The van der Waals surface area contributed by atoms with Gasteiger partial charge in [-0.1, -0.05) is 19.8 Å².